The lowest BCUT2D eigenvalue weighted by Crippen LogP contribution is -2.43. The molecule has 9 nitrogen and oxygen atoms in total. The minimum absolute atomic E-state index is 0.0233. The number of hydrogen-bond donors (Lipinski definition) is 1. The summed E-state index contributed by atoms with van der Waals surface area (Å²) in [6.45, 7) is 2.76. The van der Waals surface area contributed by atoms with Crippen molar-refractivity contribution in [3.8, 4) is 0 Å². The molecule has 236 valence electrons. The largest absolute Gasteiger partial charge is 0.469 e. The average Bonchev–Trinajstić information content (AvgIpc) is 3.44. The molecular formula is C31H27F5N4O5. The molecule has 1 atom stereocenters. The zero-order chi connectivity index (χ0) is 32.8. The van der Waals surface area contributed by atoms with Crippen molar-refractivity contribution >= 4 is 46.6 Å². The van der Waals surface area contributed by atoms with E-state index in [9.17, 15) is 41.1 Å². The van der Waals surface area contributed by atoms with Crippen molar-refractivity contribution in [1.29, 1.82) is 0 Å². The van der Waals surface area contributed by atoms with Crippen molar-refractivity contribution in [2.75, 3.05) is 28.8 Å². The molecule has 2 saturated heterocycles. The van der Waals surface area contributed by atoms with E-state index in [1.807, 2.05) is 0 Å². The van der Waals surface area contributed by atoms with Gasteiger partial charge in [-0.25, -0.2) is 18.5 Å². The fraction of sp³-hybridized carbons (Fsp3) is 0.290. The number of hydrogen-bond acceptors (Lipinski definition) is 6. The molecule has 3 aromatic carbocycles. The summed E-state index contributed by atoms with van der Waals surface area (Å²) in [6, 6.07) is 11.2. The van der Waals surface area contributed by atoms with Crippen molar-refractivity contribution < 1.29 is 45.9 Å². The number of nitrogens with one attached hydrogen (secondary N) is 1. The molecule has 0 saturated carbocycles. The van der Waals surface area contributed by atoms with Gasteiger partial charge in [-0.3, -0.25) is 14.4 Å². The zero-order valence-corrected chi connectivity index (χ0v) is 24.2. The Kier molecular flexibility index (Phi) is 8.02. The summed E-state index contributed by atoms with van der Waals surface area (Å²) in [5.41, 5.74) is -1.96. The topological polar surface area (TPSA) is 99.3 Å². The third-order valence-electron chi connectivity index (χ3n) is 7.85. The molecule has 0 radical (unpaired) electrons. The van der Waals surface area contributed by atoms with Crippen LogP contribution in [0.2, 0.25) is 0 Å². The van der Waals surface area contributed by atoms with Crippen LogP contribution in [0.15, 0.2) is 60.7 Å². The number of nitrogens with zero attached hydrogens (tertiary/aromatic N) is 3. The number of amides is 4. The van der Waals surface area contributed by atoms with Gasteiger partial charge in [-0.15, -0.1) is 0 Å². The van der Waals surface area contributed by atoms with E-state index in [4.69, 9.17) is 4.74 Å². The van der Waals surface area contributed by atoms with Gasteiger partial charge in [0.25, 0.3) is 5.91 Å². The molecule has 0 aliphatic carbocycles. The Morgan fingerprint density at radius 2 is 1.64 bits per heavy atom. The van der Waals surface area contributed by atoms with E-state index in [-0.39, 0.29) is 31.1 Å². The molecule has 2 heterocycles. The minimum atomic E-state index is -5.05. The lowest BCUT2D eigenvalue weighted by atomic mass is 10.0. The number of urea groups is 1. The lowest BCUT2D eigenvalue weighted by Gasteiger charge is -2.28. The van der Waals surface area contributed by atoms with Crippen molar-refractivity contribution in [1.82, 2.24) is 4.90 Å². The number of esters is 1. The van der Waals surface area contributed by atoms with E-state index in [1.165, 1.54) is 38.0 Å². The van der Waals surface area contributed by atoms with Crippen molar-refractivity contribution in [2.24, 2.45) is 5.92 Å². The first-order chi connectivity index (χ1) is 21.1. The molecule has 0 aromatic heterocycles. The van der Waals surface area contributed by atoms with Gasteiger partial charge in [0.15, 0.2) is 0 Å². The molecule has 0 bridgehead atoms. The van der Waals surface area contributed by atoms with Crippen molar-refractivity contribution in [3.63, 3.8) is 0 Å². The van der Waals surface area contributed by atoms with E-state index in [1.54, 1.807) is 24.3 Å². The molecule has 5 rings (SSSR count). The highest BCUT2D eigenvalue weighted by atomic mass is 19.4. The number of halogens is 5. The van der Waals surface area contributed by atoms with Crippen LogP contribution in [0.1, 0.15) is 31.4 Å². The summed E-state index contributed by atoms with van der Waals surface area (Å²) < 4.78 is 73.0. The molecule has 3 aromatic rings. The smallest absolute Gasteiger partial charge is 0.419 e. The van der Waals surface area contributed by atoms with E-state index in [0.29, 0.717) is 34.0 Å². The van der Waals surface area contributed by atoms with Gasteiger partial charge in [-0.1, -0.05) is 6.07 Å². The Morgan fingerprint density at radius 1 is 0.978 bits per heavy atom. The van der Waals surface area contributed by atoms with Crippen LogP contribution in [0, 0.1) is 17.6 Å². The van der Waals surface area contributed by atoms with Gasteiger partial charge in [0.2, 0.25) is 5.91 Å². The Balaban J connectivity index is 1.38. The third-order valence-corrected chi connectivity index (χ3v) is 7.85. The number of anilines is 4. The number of carbonyl (C=O) groups excluding carboxylic acids is 4. The normalized spacial score (nSPS) is 18.2. The van der Waals surface area contributed by atoms with Gasteiger partial charge in [-0.2, -0.15) is 13.2 Å². The van der Waals surface area contributed by atoms with Gasteiger partial charge in [0.1, 0.15) is 17.2 Å². The Labute approximate surface area is 254 Å². The number of methoxy groups -OCH3 is 1. The van der Waals surface area contributed by atoms with Crippen LogP contribution >= 0.6 is 0 Å². The number of benzene rings is 3. The molecule has 1 N–H and O–H groups in total. The first-order valence-corrected chi connectivity index (χ1v) is 13.7. The predicted octanol–water partition coefficient (Wildman–Crippen LogP) is 6.00. The zero-order valence-electron chi connectivity index (χ0n) is 24.2. The van der Waals surface area contributed by atoms with Crippen LogP contribution in [0.25, 0.3) is 0 Å². The van der Waals surface area contributed by atoms with E-state index in [2.05, 4.69) is 5.32 Å². The molecule has 14 heteroatoms. The molecule has 2 fully saturated rings. The number of alkyl halides is 3. The second-order valence-corrected chi connectivity index (χ2v) is 11.1. The monoisotopic (exact) mass is 630 g/mol. The van der Waals surface area contributed by atoms with Crippen LogP contribution in [0.4, 0.5) is 49.5 Å². The number of rotatable bonds is 7. The maximum absolute atomic E-state index is 14.4. The summed E-state index contributed by atoms with van der Waals surface area (Å²) >= 11 is 0. The summed E-state index contributed by atoms with van der Waals surface area (Å²) in [4.78, 5) is 54.3. The first kappa shape index (κ1) is 31.4. The fourth-order valence-corrected chi connectivity index (χ4v) is 5.33. The summed E-state index contributed by atoms with van der Waals surface area (Å²) in [7, 11) is 1.25. The standard InChI is InChI=1S/C31H27F5N4O5/c1-30(2)28(43)40(22-10-11-24(33)23(14-22)31(34,35)36)29(44)39(30)16-17-4-5-19(32)13-25(17)37-20-6-8-21(9-7-20)38-15-18(12-26(38)41)27(42)45-3/h4-11,13-14,18,37H,12,15-16H2,1-3H3. The third kappa shape index (κ3) is 5.91. The van der Waals surface area contributed by atoms with E-state index >= 15 is 0 Å². The molecule has 2 aliphatic rings. The highest BCUT2D eigenvalue weighted by molar-refractivity contribution is 6.23. The second-order valence-electron chi connectivity index (χ2n) is 11.1. The average molecular weight is 631 g/mol. The summed E-state index contributed by atoms with van der Waals surface area (Å²) in [5, 5.41) is 3.06. The summed E-state index contributed by atoms with van der Waals surface area (Å²) in [5.74, 6) is -4.28. The van der Waals surface area contributed by atoms with Crippen molar-refractivity contribution in [3.05, 3.63) is 83.4 Å². The first-order valence-electron chi connectivity index (χ1n) is 13.7. The van der Waals surface area contributed by atoms with E-state index in [0.717, 1.165) is 17.0 Å². The maximum Gasteiger partial charge on any atom is 0.419 e. The van der Waals surface area contributed by atoms with Crippen molar-refractivity contribution in [2.45, 2.75) is 38.5 Å². The quantitative estimate of drug-likeness (QED) is 0.195. The van der Waals surface area contributed by atoms with Gasteiger partial charge < -0.3 is 19.9 Å². The highest BCUT2D eigenvalue weighted by Crippen LogP contribution is 2.39. The number of ether oxygens (including phenoxy) is 1. The van der Waals surface area contributed by atoms with Crippen LogP contribution in [0.5, 0.6) is 0 Å². The molecule has 45 heavy (non-hydrogen) atoms. The van der Waals surface area contributed by atoms with Gasteiger partial charge in [-0.05, 0) is 74.0 Å². The fourth-order valence-electron chi connectivity index (χ4n) is 5.33. The highest BCUT2D eigenvalue weighted by Gasteiger charge is 2.52. The summed E-state index contributed by atoms with van der Waals surface area (Å²) in [6.07, 6.45) is -5.03. The Bertz CT molecular complexity index is 1690. The molecule has 0 spiro atoms. The maximum atomic E-state index is 14.4. The van der Waals surface area contributed by atoms with Crippen LogP contribution in [-0.2, 0) is 31.8 Å². The SMILES string of the molecule is COC(=O)C1CC(=O)N(c2ccc(Nc3cc(F)ccc3CN3C(=O)N(c4ccc(F)c(C(F)(F)F)c4)C(=O)C3(C)C)cc2)C1. The van der Waals surface area contributed by atoms with Crippen LogP contribution in [-0.4, -0.2) is 47.9 Å². The Morgan fingerprint density at radius 3 is 2.29 bits per heavy atom. The second kappa shape index (κ2) is 11.5. The lowest BCUT2D eigenvalue weighted by molar-refractivity contribution is -0.145. The van der Waals surface area contributed by atoms with Crippen LogP contribution in [0.3, 0.4) is 0 Å². The Hall–Kier alpha value is -5.01. The van der Waals surface area contributed by atoms with Gasteiger partial charge in [0.05, 0.1) is 30.8 Å². The molecule has 1 unspecified atom stereocenters. The molecule has 2 aliphatic heterocycles. The number of carbonyl (C=O) groups is 4. The predicted molar refractivity (Wildman–Crippen MR) is 153 cm³/mol. The van der Waals surface area contributed by atoms with E-state index < -0.39 is 58.4 Å². The van der Waals surface area contributed by atoms with Gasteiger partial charge >= 0.3 is 18.2 Å². The molecular weight excluding hydrogens is 603 g/mol. The molecule has 4 amide bonds. The van der Waals surface area contributed by atoms with Crippen LogP contribution < -0.4 is 15.1 Å². The minimum Gasteiger partial charge on any atom is -0.469 e. The number of imide groups is 1. The van der Waals surface area contributed by atoms with Gasteiger partial charge in [0, 0.05) is 30.0 Å².